The molecule has 2 rings (SSSR count). The van der Waals surface area contributed by atoms with Crippen molar-refractivity contribution in [3.63, 3.8) is 0 Å². The van der Waals surface area contributed by atoms with Gasteiger partial charge in [0.2, 0.25) is 0 Å². The second kappa shape index (κ2) is 7.00. The highest BCUT2D eigenvalue weighted by atomic mass is 31.2. The summed E-state index contributed by atoms with van der Waals surface area (Å²) in [6.45, 7) is 1.66. The summed E-state index contributed by atoms with van der Waals surface area (Å²) in [6.07, 6.45) is 3.18. The molecular weight excluding hydrogens is 319 g/mol. The molecule has 0 fully saturated rings. The van der Waals surface area contributed by atoms with E-state index in [2.05, 4.69) is 10.3 Å². The normalized spacial score (nSPS) is 12.7. The summed E-state index contributed by atoms with van der Waals surface area (Å²) >= 11 is 0. The van der Waals surface area contributed by atoms with Crippen LogP contribution >= 0.6 is 7.60 Å². The number of hydrogen-bond acceptors (Lipinski definition) is 5. The molecule has 1 aromatic heterocycles. The van der Waals surface area contributed by atoms with Gasteiger partial charge in [-0.2, -0.15) is 0 Å². The zero-order chi connectivity index (χ0) is 17.0. The van der Waals surface area contributed by atoms with Crippen LogP contribution < -0.4 is 10.1 Å². The predicted octanol–water partition coefficient (Wildman–Crippen LogP) is 2.44. The number of aromatic hydroxyl groups is 1. The van der Waals surface area contributed by atoms with Gasteiger partial charge in [0.25, 0.3) is 0 Å². The number of aryl methyl sites for hydroxylation is 1. The number of rotatable bonds is 6. The van der Waals surface area contributed by atoms with Crippen molar-refractivity contribution in [3.05, 3.63) is 47.8 Å². The van der Waals surface area contributed by atoms with Crippen LogP contribution in [0.5, 0.6) is 11.5 Å². The second-order valence-electron chi connectivity index (χ2n) is 5.12. The lowest BCUT2D eigenvalue weighted by Crippen LogP contribution is -2.13. The van der Waals surface area contributed by atoms with Crippen LogP contribution in [0.1, 0.15) is 16.8 Å². The molecule has 23 heavy (non-hydrogen) atoms. The standard InChI is InChI=1S/C15H19N2O5P/c1-10-6-11(7-13(22-2)15(10)18)14(23(19,20)21)9-17-12-4-3-5-16-8-12/h3-8,14,17-18H,9H2,1-2H3,(H2,19,20,21). The highest BCUT2D eigenvalue weighted by molar-refractivity contribution is 7.52. The molecule has 7 nitrogen and oxygen atoms in total. The third kappa shape index (κ3) is 4.22. The summed E-state index contributed by atoms with van der Waals surface area (Å²) < 4.78 is 16.9. The average molecular weight is 338 g/mol. The molecule has 4 N–H and O–H groups in total. The Morgan fingerprint density at radius 1 is 1.39 bits per heavy atom. The molecule has 0 radical (unpaired) electrons. The fraction of sp³-hybridized carbons (Fsp3) is 0.267. The van der Waals surface area contributed by atoms with Crippen LogP contribution in [0, 0.1) is 6.92 Å². The van der Waals surface area contributed by atoms with E-state index in [1.807, 2.05) is 0 Å². The molecule has 0 amide bonds. The Morgan fingerprint density at radius 2 is 2.13 bits per heavy atom. The lowest BCUT2D eigenvalue weighted by molar-refractivity contribution is 0.358. The maximum absolute atomic E-state index is 11.9. The first-order valence-corrected chi connectivity index (χ1v) is 8.57. The molecule has 1 atom stereocenters. The molecule has 124 valence electrons. The van der Waals surface area contributed by atoms with Gasteiger partial charge in [-0.15, -0.1) is 0 Å². The Labute approximate surface area is 134 Å². The third-order valence-corrected chi connectivity index (χ3v) is 4.75. The van der Waals surface area contributed by atoms with E-state index in [9.17, 15) is 19.5 Å². The zero-order valence-corrected chi connectivity index (χ0v) is 13.7. The van der Waals surface area contributed by atoms with Crippen molar-refractivity contribution in [2.45, 2.75) is 12.6 Å². The molecule has 1 unspecified atom stereocenters. The van der Waals surface area contributed by atoms with Crippen molar-refractivity contribution >= 4 is 13.3 Å². The molecule has 0 spiro atoms. The average Bonchev–Trinajstić information content (AvgIpc) is 2.50. The third-order valence-electron chi connectivity index (χ3n) is 3.46. The summed E-state index contributed by atoms with van der Waals surface area (Å²) in [6, 6.07) is 6.47. The van der Waals surface area contributed by atoms with E-state index >= 15 is 0 Å². The Morgan fingerprint density at radius 3 is 2.70 bits per heavy atom. The first-order valence-electron chi connectivity index (χ1n) is 6.89. The quantitative estimate of drug-likeness (QED) is 0.599. The van der Waals surface area contributed by atoms with Gasteiger partial charge in [-0.1, -0.05) is 6.07 Å². The highest BCUT2D eigenvalue weighted by Crippen LogP contribution is 2.53. The number of phenols is 1. The number of anilines is 1. The Kier molecular flexibility index (Phi) is 5.26. The smallest absolute Gasteiger partial charge is 0.334 e. The molecule has 0 aliphatic carbocycles. The number of pyridine rings is 1. The van der Waals surface area contributed by atoms with Crippen molar-refractivity contribution in [1.29, 1.82) is 0 Å². The number of nitrogens with one attached hydrogen (secondary N) is 1. The minimum absolute atomic E-state index is 0.0172. The van der Waals surface area contributed by atoms with Crippen molar-refractivity contribution < 1.29 is 24.2 Å². The molecule has 0 aliphatic rings. The molecule has 0 aliphatic heterocycles. The number of benzene rings is 1. The number of nitrogens with zero attached hydrogens (tertiary/aromatic N) is 1. The zero-order valence-electron chi connectivity index (χ0n) is 12.8. The number of ether oxygens (including phenoxy) is 1. The Bertz CT molecular complexity index is 717. The number of hydrogen-bond donors (Lipinski definition) is 4. The van der Waals surface area contributed by atoms with Crippen LogP contribution in [0.4, 0.5) is 5.69 Å². The van der Waals surface area contributed by atoms with Gasteiger partial charge < -0.3 is 24.9 Å². The van der Waals surface area contributed by atoms with Crippen LogP contribution in [0.15, 0.2) is 36.7 Å². The van der Waals surface area contributed by atoms with E-state index in [1.54, 1.807) is 37.5 Å². The summed E-state index contributed by atoms with van der Waals surface area (Å²) in [5.74, 6) is 0.140. The maximum atomic E-state index is 11.9. The van der Waals surface area contributed by atoms with Gasteiger partial charge in [0.1, 0.15) is 5.66 Å². The van der Waals surface area contributed by atoms with Gasteiger partial charge in [0.05, 0.1) is 12.8 Å². The molecular formula is C15H19N2O5P. The Hall–Kier alpha value is -2.08. The number of aromatic nitrogens is 1. The van der Waals surface area contributed by atoms with Crippen LogP contribution in [-0.2, 0) is 4.57 Å². The first-order chi connectivity index (χ1) is 10.8. The lowest BCUT2D eigenvalue weighted by atomic mass is 10.1. The monoisotopic (exact) mass is 338 g/mol. The molecule has 8 heteroatoms. The van der Waals surface area contributed by atoms with Gasteiger partial charge in [0, 0.05) is 18.9 Å². The van der Waals surface area contributed by atoms with Crippen LogP contribution in [0.3, 0.4) is 0 Å². The molecule has 1 heterocycles. The predicted molar refractivity (Wildman–Crippen MR) is 86.9 cm³/mol. The van der Waals surface area contributed by atoms with Crippen molar-refractivity contribution in [1.82, 2.24) is 4.98 Å². The van der Waals surface area contributed by atoms with Crippen LogP contribution in [0.2, 0.25) is 0 Å². The van der Waals surface area contributed by atoms with Gasteiger partial charge in [0.15, 0.2) is 11.5 Å². The largest absolute Gasteiger partial charge is 0.504 e. The maximum Gasteiger partial charge on any atom is 0.334 e. The van der Waals surface area contributed by atoms with Crippen LogP contribution in [-0.4, -0.2) is 33.5 Å². The fourth-order valence-electron chi connectivity index (χ4n) is 2.23. The highest BCUT2D eigenvalue weighted by Gasteiger charge is 2.31. The first kappa shape index (κ1) is 17.3. The molecule has 2 aromatic rings. The summed E-state index contributed by atoms with van der Waals surface area (Å²) in [4.78, 5) is 23.3. The van der Waals surface area contributed by atoms with Gasteiger partial charge in [-0.05, 0) is 36.2 Å². The summed E-state index contributed by atoms with van der Waals surface area (Å²) in [5, 5.41) is 12.8. The summed E-state index contributed by atoms with van der Waals surface area (Å²) in [5.41, 5.74) is 0.463. The topological polar surface area (TPSA) is 112 Å². The number of methoxy groups -OCH3 is 1. The lowest BCUT2D eigenvalue weighted by Gasteiger charge is -2.21. The second-order valence-corrected chi connectivity index (χ2v) is 6.92. The minimum Gasteiger partial charge on any atom is -0.504 e. The molecule has 0 saturated carbocycles. The van der Waals surface area contributed by atoms with E-state index in [-0.39, 0.29) is 18.0 Å². The molecule has 1 aromatic carbocycles. The van der Waals surface area contributed by atoms with E-state index < -0.39 is 13.3 Å². The SMILES string of the molecule is COc1cc(C(CNc2cccnc2)P(=O)(O)O)cc(C)c1O. The van der Waals surface area contributed by atoms with Gasteiger partial charge in [-0.3, -0.25) is 9.55 Å². The number of phenolic OH excluding ortho intramolecular Hbond substituents is 1. The molecule has 0 saturated heterocycles. The van der Waals surface area contributed by atoms with Crippen molar-refractivity contribution in [3.8, 4) is 11.5 Å². The minimum atomic E-state index is -4.42. The van der Waals surface area contributed by atoms with E-state index in [4.69, 9.17) is 4.74 Å². The van der Waals surface area contributed by atoms with Gasteiger partial charge in [-0.25, -0.2) is 0 Å². The van der Waals surface area contributed by atoms with E-state index in [1.165, 1.54) is 13.2 Å². The molecule has 0 bridgehead atoms. The van der Waals surface area contributed by atoms with E-state index in [0.29, 0.717) is 16.8 Å². The van der Waals surface area contributed by atoms with Gasteiger partial charge >= 0.3 is 7.60 Å². The Balaban J connectivity index is 2.32. The van der Waals surface area contributed by atoms with Crippen LogP contribution in [0.25, 0.3) is 0 Å². The van der Waals surface area contributed by atoms with Crippen molar-refractivity contribution in [2.75, 3.05) is 19.0 Å². The van der Waals surface area contributed by atoms with Crippen molar-refractivity contribution in [2.24, 2.45) is 0 Å². The van der Waals surface area contributed by atoms with E-state index in [0.717, 1.165) is 0 Å². The summed E-state index contributed by atoms with van der Waals surface area (Å²) in [7, 11) is -3.03. The fourth-order valence-corrected chi connectivity index (χ4v) is 3.10.